The molecule has 0 aliphatic carbocycles. The van der Waals surface area contributed by atoms with Crippen molar-refractivity contribution in [3.8, 4) is 0 Å². The maximum atomic E-state index is 11.5. The van der Waals surface area contributed by atoms with Crippen molar-refractivity contribution in [1.82, 2.24) is 5.32 Å². The standard InChI is InChI=1S/C13H20N2O.C2HF3O2/c1-10(2)12(14)13(16)15-9-8-11-6-4-3-5-7-11;3-2(4,5)1(6)7/h3-7,10,12H,8-9,14H2,1-2H3,(H,15,16);(H,6,7)/t12-;/m0./s1. The van der Waals surface area contributed by atoms with Gasteiger partial charge in [0.05, 0.1) is 6.04 Å². The van der Waals surface area contributed by atoms with Crippen LogP contribution in [0.2, 0.25) is 0 Å². The number of rotatable bonds is 5. The first-order valence-corrected chi connectivity index (χ1v) is 6.93. The van der Waals surface area contributed by atoms with E-state index in [1.807, 2.05) is 32.0 Å². The number of aliphatic carboxylic acids is 1. The maximum absolute atomic E-state index is 11.5. The molecule has 0 heterocycles. The average Bonchev–Trinajstić information content (AvgIpc) is 2.47. The number of hydrogen-bond acceptors (Lipinski definition) is 3. The molecular formula is C15H21F3N2O3. The van der Waals surface area contributed by atoms with Crippen LogP contribution in [0.25, 0.3) is 0 Å². The summed E-state index contributed by atoms with van der Waals surface area (Å²) in [5.41, 5.74) is 6.95. The van der Waals surface area contributed by atoms with Crippen molar-refractivity contribution < 1.29 is 27.9 Å². The van der Waals surface area contributed by atoms with Gasteiger partial charge in [-0.3, -0.25) is 4.79 Å². The highest BCUT2D eigenvalue weighted by molar-refractivity contribution is 5.81. The van der Waals surface area contributed by atoms with Gasteiger partial charge in [-0.25, -0.2) is 4.79 Å². The van der Waals surface area contributed by atoms with Crippen molar-refractivity contribution in [2.75, 3.05) is 6.54 Å². The Hall–Kier alpha value is -2.09. The molecule has 130 valence electrons. The molecular weight excluding hydrogens is 313 g/mol. The second kappa shape index (κ2) is 9.83. The number of carbonyl (C=O) groups is 2. The first-order chi connectivity index (χ1) is 10.6. The summed E-state index contributed by atoms with van der Waals surface area (Å²) in [6, 6.07) is 9.67. The molecule has 1 rings (SSSR count). The van der Waals surface area contributed by atoms with Crippen LogP contribution in [0.4, 0.5) is 13.2 Å². The third-order valence-corrected chi connectivity index (χ3v) is 2.82. The summed E-state index contributed by atoms with van der Waals surface area (Å²) in [7, 11) is 0. The number of amides is 1. The highest BCUT2D eigenvalue weighted by Crippen LogP contribution is 2.13. The van der Waals surface area contributed by atoms with Crippen molar-refractivity contribution in [2.24, 2.45) is 11.7 Å². The van der Waals surface area contributed by atoms with Crippen LogP contribution in [-0.2, 0) is 16.0 Å². The minimum Gasteiger partial charge on any atom is -0.475 e. The normalized spacial score (nSPS) is 12.1. The molecule has 1 atom stereocenters. The number of nitrogens with one attached hydrogen (secondary N) is 1. The van der Waals surface area contributed by atoms with Gasteiger partial charge in [-0.15, -0.1) is 0 Å². The lowest BCUT2D eigenvalue weighted by Crippen LogP contribution is -2.44. The van der Waals surface area contributed by atoms with Gasteiger partial charge in [-0.2, -0.15) is 13.2 Å². The Morgan fingerprint density at radius 3 is 2.09 bits per heavy atom. The third kappa shape index (κ3) is 9.51. The number of carboxylic acids is 1. The fraction of sp³-hybridized carbons (Fsp3) is 0.467. The molecule has 23 heavy (non-hydrogen) atoms. The Morgan fingerprint density at radius 1 is 1.22 bits per heavy atom. The lowest BCUT2D eigenvalue weighted by atomic mass is 10.0. The Balaban J connectivity index is 0.000000585. The van der Waals surface area contributed by atoms with Gasteiger partial charge >= 0.3 is 12.1 Å². The number of carbonyl (C=O) groups excluding carboxylic acids is 1. The average molecular weight is 334 g/mol. The quantitative estimate of drug-likeness (QED) is 0.767. The number of halogens is 3. The van der Waals surface area contributed by atoms with E-state index in [9.17, 15) is 18.0 Å². The van der Waals surface area contributed by atoms with E-state index >= 15 is 0 Å². The largest absolute Gasteiger partial charge is 0.490 e. The van der Waals surface area contributed by atoms with Crippen LogP contribution in [0.1, 0.15) is 19.4 Å². The first-order valence-electron chi connectivity index (χ1n) is 6.93. The molecule has 1 aromatic carbocycles. The molecule has 0 bridgehead atoms. The van der Waals surface area contributed by atoms with Gasteiger partial charge in [-0.05, 0) is 17.9 Å². The Labute approximate surface area is 132 Å². The van der Waals surface area contributed by atoms with Crippen molar-refractivity contribution in [3.63, 3.8) is 0 Å². The number of nitrogens with two attached hydrogens (primary N) is 1. The summed E-state index contributed by atoms with van der Waals surface area (Å²) in [6.07, 6.45) is -4.24. The predicted octanol–water partition coefficient (Wildman–Crippen LogP) is 1.96. The highest BCUT2D eigenvalue weighted by Gasteiger charge is 2.38. The zero-order valence-corrected chi connectivity index (χ0v) is 12.9. The molecule has 1 aromatic rings. The van der Waals surface area contributed by atoms with E-state index in [1.54, 1.807) is 0 Å². The maximum Gasteiger partial charge on any atom is 0.490 e. The summed E-state index contributed by atoms with van der Waals surface area (Å²) < 4.78 is 31.7. The Kier molecular flexibility index (Phi) is 8.94. The molecule has 1 amide bonds. The number of hydrogen-bond donors (Lipinski definition) is 3. The van der Waals surface area contributed by atoms with Crippen LogP contribution in [0.3, 0.4) is 0 Å². The summed E-state index contributed by atoms with van der Waals surface area (Å²) in [6.45, 7) is 4.53. The van der Waals surface area contributed by atoms with E-state index in [0.717, 1.165) is 6.42 Å². The zero-order valence-electron chi connectivity index (χ0n) is 12.9. The second-order valence-electron chi connectivity index (χ2n) is 5.10. The zero-order chi connectivity index (χ0) is 18.0. The van der Waals surface area contributed by atoms with Gasteiger partial charge in [0.1, 0.15) is 0 Å². The minimum atomic E-state index is -5.08. The van der Waals surface area contributed by atoms with Crippen molar-refractivity contribution >= 4 is 11.9 Å². The van der Waals surface area contributed by atoms with Crippen LogP contribution in [0.5, 0.6) is 0 Å². The van der Waals surface area contributed by atoms with E-state index in [0.29, 0.717) is 6.54 Å². The van der Waals surface area contributed by atoms with E-state index in [-0.39, 0.29) is 11.8 Å². The Bertz CT molecular complexity index is 490. The highest BCUT2D eigenvalue weighted by atomic mass is 19.4. The minimum absolute atomic E-state index is 0.0640. The van der Waals surface area contributed by atoms with Crippen LogP contribution in [0, 0.1) is 5.92 Å². The summed E-state index contributed by atoms with van der Waals surface area (Å²) in [5, 5.41) is 9.97. The van der Waals surface area contributed by atoms with Crippen molar-refractivity contribution in [3.05, 3.63) is 35.9 Å². The predicted molar refractivity (Wildman–Crippen MR) is 79.7 cm³/mol. The molecule has 0 fully saturated rings. The molecule has 8 heteroatoms. The monoisotopic (exact) mass is 334 g/mol. The summed E-state index contributed by atoms with van der Waals surface area (Å²) in [4.78, 5) is 20.4. The SMILES string of the molecule is CC(C)[C@H](N)C(=O)NCCc1ccccc1.O=C(O)C(F)(F)F. The summed E-state index contributed by atoms with van der Waals surface area (Å²) in [5.74, 6) is -2.64. The molecule has 0 radical (unpaired) electrons. The van der Waals surface area contributed by atoms with Crippen LogP contribution >= 0.6 is 0 Å². The van der Waals surface area contributed by atoms with Crippen molar-refractivity contribution in [1.29, 1.82) is 0 Å². The lowest BCUT2D eigenvalue weighted by Gasteiger charge is -2.15. The molecule has 5 nitrogen and oxygen atoms in total. The van der Waals surface area contributed by atoms with Gasteiger partial charge in [0.15, 0.2) is 0 Å². The van der Waals surface area contributed by atoms with E-state index < -0.39 is 18.2 Å². The van der Waals surface area contributed by atoms with Gasteiger partial charge in [0.25, 0.3) is 0 Å². The number of alkyl halides is 3. The van der Waals surface area contributed by atoms with Crippen LogP contribution in [0.15, 0.2) is 30.3 Å². The fourth-order valence-corrected chi connectivity index (χ4v) is 1.40. The van der Waals surface area contributed by atoms with Gasteiger partial charge in [0.2, 0.25) is 5.91 Å². The van der Waals surface area contributed by atoms with Gasteiger partial charge in [-0.1, -0.05) is 44.2 Å². The van der Waals surface area contributed by atoms with E-state index in [2.05, 4.69) is 17.4 Å². The smallest absolute Gasteiger partial charge is 0.475 e. The van der Waals surface area contributed by atoms with Crippen LogP contribution < -0.4 is 11.1 Å². The Morgan fingerprint density at radius 2 is 1.70 bits per heavy atom. The number of benzene rings is 1. The van der Waals surface area contributed by atoms with Gasteiger partial charge in [0, 0.05) is 6.54 Å². The van der Waals surface area contributed by atoms with E-state index in [4.69, 9.17) is 15.6 Å². The molecule has 0 spiro atoms. The molecule has 0 unspecified atom stereocenters. The molecule has 0 saturated heterocycles. The van der Waals surface area contributed by atoms with E-state index in [1.165, 1.54) is 5.56 Å². The first kappa shape index (κ1) is 20.9. The van der Waals surface area contributed by atoms with Crippen molar-refractivity contribution in [2.45, 2.75) is 32.5 Å². The summed E-state index contributed by atoms with van der Waals surface area (Å²) >= 11 is 0. The topological polar surface area (TPSA) is 92.4 Å². The number of carboxylic acid groups (broad SMARTS) is 1. The fourth-order valence-electron chi connectivity index (χ4n) is 1.40. The molecule has 4 N–H and O–H groups in total. The second-order valence-corrected chi connectivity index (χ2v) is 5.10. The van der Waals surface area contributed by atoms with Gasteiger partial charge < -0.3 is 16.2 Å². The van der Waals surface area contributed by atoms with Crippen LogP contribution in [-0.4, -0.2) is 35.7 Å². The third-order valence-electron chi connectivity index (χ3n) is 2.82. The lowest BCUT2D eigenvalue weighted by molar-refractivity contribution is -0.192. The molecule has 0 aliphatic rings. The molecule has 0 aliphatic heterocycles. The molecule has 0 aromatic heterocycles. The molecule has 0 saturated carbocycles.